The third kappa shape index (κ3) is 2.67. The van der Waals surface area contributed by atoms with Crippen LogP contribution in [0, 0.1) is 0 Å². The molecule has 110 valence electrons. The van der Waals surface area contributed by atoms with Crippen LogP contribution in [0.2, 0.25) is 5.02 Å². The molecule has 0 saturated carbocycles. The van der Waals surface area contributed by atoms with Gasteiger partial charge in [-0.25, -0.2) is 0 Å². The molecule has 1 aromatic carbocycles. The van der Waals surface area contributed by atoms with Gasteiger partial charge in [-0.05, 0) is 38.4 Å². The molecule has 0 aliphatic carbocycles. The summed E-state index contributed by atoms with van der Waals surface area (Å²) in [7, 11) is 0. The Hall–Kier alpha value is -0.770. The summed E-state index contributed by atoms with van der Waals surface area (Å²) in [6.07, 6.45) is 3.96. The predicted octanol–water partition coefficient (Wildman–Crippen LogP) is 2.90. The van der Waals surface area contributed by atoms with Crippen LogP contribution in [0.5, 0.6) is 0 Å². The van der Waals surface area contributed by atoms with Crippen LogP contribution in [-0.2, 0) is 6.61 Å². The third-order valence-corrected chi connectivity index (χ3v) is 4.95. The summed E-state index contributed by atoms with van der Waals surface area (Å²) in [4.78, 5) is 5.07. The summed E-state index contributed by atoms with van der Waals surface area (Å²) >= 11 is 6.16. The molecule has 2 unspecified atom stereocenters. The van der Waals surface area contributed by atoms with Gasteiger partial charge in [0.25, 0.3) is 0 Å². The van der Waals surface area contributed by atoms with E-state index in [0.717, 1.165) is 29.4 Å². The van der Waals surface area contributed by atoms with Crippen molar-refractivity contribution in [1.29, 1.82) is 0 Å². The van der Waals surface area contributed by atoms with Crippen LogP contribution in [-0.4, -0.2) is 41.7 Å². The maximum Gasteiger partial charge on any atom is 0.0702 e. The molecule has 2 aliphatic heterocycles. The number of rotatable bonds is 2. The van der Waals surface area contributed by atoms with Crippen LogP contribution in [0.4, 0.5) is 5.69 Å². The fourth-order valence-corrected chi connectivity index (χ4v) is 3.79. The maximum absolute atomic E-state index is 9.58. The highest BCUT2D eigenvalue weighted by molar-refractivity contribution is 6.30. The van der Waals surface area contributed by atoms with Gasteiger partial charge in [-0.1, -0.05) is 24.1 Å². The Morgan fingerprint density at radius 3 is 2.95 bits per heavy atom. The molecule has 2 heterocycles. The molecule has 2 atom stereocenters. The Bertz CT molecular complexity index is 480. The first-order valence-electron chi connectivity index (χ1n) is 7.59. The lowest BCUT2D eigenvalue weighted by atomic mass is 9.96. The average Bonchev–Trinajstić information content (AvgIpc) is 2.46. The van der Waals surface area contributed by atoms with Gasteiger partial charge in [0.2, 0.25) is 0 Å². The van der Waals surface area contributed by atoms with Crippen LogP contribution in [0.1, 0.15) is 31.7 Å². The molecular weight excluding hydrogens is 272 g/mol. The highest BCUT2D eigenvalue weighted by atomic mass is 35.5. The monoisotopic (exact) mass is 294 g/mol. The van der Waals surface area contributed by atoms with Gasteiger partial charge in [0.1, 0.15) is 0 Å². The van der Waals surface area contributed by atoms with Crippen molar-refractivity contribution in [3.05, 3.63) is 28.8 Å². The van der Waals surface area contributed by atoms with Crippen molar-refractivity contribution < 1.29 is 5.11 Å². The van der Waals surface area contributed by atoms with Crippen molar-refractivity contribution in [2.24, 2.45) is 0 Å². The van der Waals surface area contributed by atoms with E-state index in [0.29, 0.717) is 12.1 Å². The SMILES string of the molecule is CC1CN2CCCCC2CN1c1cc(Cl)ccc1CO. The van der Waals surface area contributed by atoms with Crippen molar-refractivity contribution in [3.8, 4) is 0 Å². The number of hydrogen-bond donors (Lipinski definition) is 1. The van der Waals surface area contributed by atoms with Crippen molar-refractivity contribution in [3.63, 3.8) is 0 Å². The Labute approximate surface area is 126 Å². The second-order valence-electron chi connectivity index (χ2n) is 6.08. The quantitative estimate of drug-likeness (QED) is 0.908. The summed E-state index contributed by atoms with van der Waals surface area (Å²) in [5.74, 6) is 0. The molecule has 0 amide bonds. The van der Waals surface area contributed by atoms with Crippen LogP contribution in [0.3, 0.4) is 0 Å². The smallest absolute Gasteiger partial charge is 0.0702 e. The number of hydrogen-bond acceptors (Lipinski definition) is 3. The zero-order valence-corrected chi connectivity index (χ0v) is 12.8. The van der Waals surface area contributed by atoms with E-state index in [1.54, 1.807) is 0 Å². The number of piperazine rings is 1. The van der Waals surface area contributed by atoms with Crippen molar-refractivity contribution >= 4 is 17.3 Å². The molecule has 3 nitrogen and oxygen atoms in total. The molecular formula is C16H23ClN2O. The zero-order valence-electron chi connectivity index (χ0n) is 12.1. The Morgan fingerprint density at radius 1 is 1.30 bits per heavy atom. The van der Waals surface area contributed by atoms with E-state index in [2.05, 4.69) is 16.7 Å². The average molecular weight is 295 g/mol. The van der Waals surface area contributed by atoms with Crippen molar-refractivity contribution in [1.82, 2.24) is 4.90 Å². The molecule has 0 bridgehead atoms. The number of fused-ring (bicyclic) bond motifs is 1. The van der Waals surface area contributed by atoms with E-state index in [1.165, 1.54) is 25.8 Å². The second-order valence-corrected chi connectivity index (χ2v) is 6.51. The summed E-state index contributed by atoms with van der Waals surface area (Å²) in [6.45, 7) is 5.75. The number of piperidine rings is 1. The minimum Gasteiger partial charge on any atom is -0.392 e. The molecule has 0 spiro atoms. The number of aliphatic hydroxyl groups is 1. The highest BCUT2D eigenvalue weighted by Crippen LogP contribution is 2.32. The molecule has 3 rings (SSSR count). The van der Waals surface area contributed by atoms with Gasteiger partial charge in [-0.15, -0.1) is 0 Å². The minimum atomic E-state index is 0.0735. The maximum atomic E-state index is 9.58. The molecule has 20 heavy (non-hydrogen) atoms. The van der Waals surface area contributed by atoms with Crippen LogP contribution >= 0.6 is 11.6 Å². The number of halogens is 1. The van der Waals surface area contributed by atoms with Crippen molar-refractivity contribution in [2.75, 3.05) is 24.5 Å². The minimum absolute atomic E-state index is 0.0735. The molecule has 2 fully saturated rings. The van der Waals surface area contributed by atoms with E-state index in [9.17, 15) is 5.11 Å². The van der Waals surface area contributed by atoms with Gasteiger partial charge in [-0.2, -0.15) is 0 Å². The van der Waals surface area contributed by atoms with E-state index in [1.807, 2.05) is 18.2 Å². The van der Waals surface area contributed by atoms with Crippen LogP contribution in [0.15, 0.2) is 18.2 Å². The Morgan fingerprint density at radius 2 is 2.15 bits per heavy atom. The first-order valence-corrected chi connectivity index (χ1v) is 7.97. The lowest BCUT2D eigenvalue weighted by molar-refractivity contribution is 0.115. The lowest BCUT2D eigenvalue weighted by Gasteiger charge is -2.48. The topological polar surface area (TPSA) is 26.7 Å². The first kappa shape index (κ1) is 14.2. The fraction of sp³-hybridized carbons (Fsp3) is 0.625. The van der Waals surface area contributed by atoms with E-state index in [4.69, 9.17) is 11.6 Å². The normalized spacial score (nSPS) is 27.4. The van der Waals surface area contributed by atoms with Gasteiger partial charge >= 0.3 is 0 Å². The summed E-state index contributed by atoms with van der Waals surface area (Å²) in [5.41, 5.74) is 2.09. The molecule has 1 N–H and O–H groups in total. The summed E-state index contributed by atoms with van der Waals surface area (Å²) in [5, 5.41) is 10.3. The molecule has 4 heteroatoms. The first-order chi connectivity index (χ1) is 9.69. The summed E-state index contributed by atoms with van der Waals surface area (Å²) in [6, 6.07) is 6.93. The van der Waals surface area contributed by atoms with Gasteiger partial charge in [0.05, 0.1) is 6.61 Å². The third-order valence-electron chi connectivity index (χ3n) is 4.71. The molecule has 2 saturated heterocycles. The predicted molar refractivity (Wildman–Crippen MR) is 83.4 cm³/mol. The second kappa shape index (κ2) is 5.92. The number of aliphatic hydroxyl groups excluding tert-OH is 1. The van der Waals surface area contributed by atoms with Gasteiger partial charge in [0, 0.05) is 41.4 Å². The van der Waals surface area contributed by atoms with Crippen LogP contribution < -0.4 is 4.90 Å². The van der Waals surface area contributed by atoms with Gasteiger partial charge in [0.15, 0.2) is 0 Å². The molecule has 2 aliphatic rings. The van der Waals surface area contributed by atoms with E-state index < -0.39 is 0 Å². The van der Waals surface area contributed by atoms with Crippen LogP contribution in [0.25, 0.3) is 0 Å². The number of benzene rings is 1. The molecule has 0 radical (unpaired) electrons. The lowest BCUT2D eigenvalue weighted by Crippen LogP contribution is -2.59. The number of nitrogens with zero attached hydrogens (tertiary/aromatic N) is 2. The Kier molecular flexibility index (Phi) is 4.20. The molecule has 0 aromatic heterocycles. The van der Waals surface area contributed by atoms with Gasteiger partial charge < -0.3 is 10.0 Å². The largest absolute Gasteiger partial charge is 0.392 e. The standard InChI is InChI=1S/C16H23ClN2O/c1-12-9-18-7-3-2-4-15(18)10-19(12)16-8-14(17)6-5-13(16)11-20/h5-6,8,12,15,20H,2-4,7,9-11H2,1H3. The molecule has 1 aromatic rings. The van der Waals surface area contributed by atoms with E-state index in [-0.39, 0.29) is 6.61 Å². The Balaban J connectivity index is 1.87. The zero-order chi connectivity index (χ0) is 14.1. The summed E-state index contributed by atoms with van der Waals surface area (Å²) < 4.78 is 0. The fourth-order valence-electron chi connectivity index (χ4n) is 3.63. The van der Waals surface area contributed by atoms with Gasteiger partial charge in [-0.3, -0.25) is 4.90 Å². The number of anilines is 1. The highest BCUT2D eigenvalue weighted by Gasteiger charge is 2.33. The van der Waals surface area contributed by atoms with E-state index >= 15 is 0 Å². The van der Waals surface area contributed by atoms with Crippen molar-refractivity contribution in [2.45, 2.75) is 44.9 Å².